The summed E-state index contributed by atoms with van der Waals surface area (Å²) in [6.45, 7) is 0.635. The standard InChI is InChI=1S/C20H21N7S2/c21-18-17-14-9-5-2-6-10-15(14)29-19(17)23-16(22-18)12-28-20-24-25-26-27(20)11-13-7-3-1-4-8-13/h1,3-4,7-8H,2,5-6,9-12H2,(H2,21,22,23). The molecule has 9 heteroatoms. The largest absolute Gasteiger partial charge is 0.383 e. The lowest BCUT2D eigenvalue weighted by atomic mass is 10.1. The number of tetrazole rings is 1. The van der Waals surface area contributed by atoms with Gasteiger partial charge in [-0.1, -0.05) is 48.5 Å². The summed E-state index contributed by atoms with van der Waals surface area (Å²) in [5.74, 6) is 1.91. The molecule has 7 nitrogen and oxygen atoms in total. The predicted octanol–water partition coefficient (Wildman–Crippen LogP) is 3.87. The minimum atomic E-state index is 0.581. The number of anilines is 1. The van der Waals surface area contributed by atoms with Gasteiger partial charge in [0.15, 0.2) is 0 Å². The second kappa shape index (κ2) is 8.08. The fourth-order valence-electron chi connectivity index (χ4n) is 3.76. The molecule has 0 saturated carbocycles. The van der Waals surface area contributed by atoms with Crippen molar-refractivity contribution in [1.29, 1.82) is 0 Å². The van der Waals surface area contributed by atoms with Crippen molar-refractivity contribution >= 4 is 39.1 Å². The predicted molar refractivity (Wildman–Crippen MR) is 116 cm³/mol. The molecule has 0 fully saturated rings. The minimum absolute atomic E-state index is 0.581. The van der Waals surface area contributed by atoms with Gasteiger partial charge in [0.1, 0.15) is 16.5 Å². The van der Waals surface area contributed by atoms with Gasteiger partial charge in [0.2, 0.25) is 5.16 Å². The van der Waals surface area contributed by atoms with Crippen molar-refractivity contribution in [1.82, 2.24) is 30.2 Å². The van der Waals surface area contributed by atoms with Crippen LogP contribution in [0.1, 0.15) is 41.1 Å². The molecule has 3 heterocycles. The topological polar surface area (TPSA) is 95.4 Å². The molecule has 0 saturated heterocycles. The number of hydrogen-bond donors (Lipinski definition) is 1. The number of nitrogen functional groups attached to an aromatic ring is 1. The first-order chi connectivity index (χ1) is 14.3. The van der Waals surface area contributed by atoms with E-state index in [0.717, 1.165) is 39.6 Å². The number of thioether (sulfide) groups is 1. The van der Waals surface area contributed by atoms with Crippen LogP contribution in [0.5, 0.6) is 0 Å². The molecule has 5 rings (SSSR count). The lowest BCUT2D eigenvalue weighted by molar-refractivity contribution is 0.602. The second-order valence-corrected chi connectivity index (χ2v) is 9.19. The molecule has 0 radical (unpaired) electrons. The molecular weight excluding hydrogens is 402 g/mol. The Labute approximate surface area is 176 Å². The fraction of sp³-hybridized carbons (Fsp3) is 0.350. The van der Waals surface area contributed by atoms with Crippen molar-refractivity contribution in [3.8, 4) is 0 Å². The molecule has 0 amide bonds. The number of hydrogen-bond acceptors (Lipinski definition) is 8. The van der Waals surface area contributed by atoms with Crippen LogP contribution in [0.2, 0.25) is 0 Å². The molecule has 2 N–H and O–H groups in total. The van der Waals surface area contributed by atoms with Gasteiger partial charge in [-0.3, -0.25) is 0 Å². The number of rotatable bonds is 5. The maximum Gasteiger partial charge on any atom is 0.210 e. The molecular formula is C20H21N7S2. The summed E-state index contributed by atoms with van der Waals surface area (Å²) in [6.07, 6.45) is 5.98. The van der Waals surface area contributed by atoms with Gasteiger partial charge >= 0.3 is 0 Å². The lowest BCUT2D eigenvalue weighted by Crippen LogP contribution is -2.04. The van der Waals surface area contributed by atoms with Gasteiger partial charge in [-0.05, 0) is 47.2 Å². The Morgan fingerprint density at radius 1 is 1.07 bits per heavy atom. The summed E-state index contributed by atoms with van der Waals surface area (Å²) in [4.78, 5) is 11.9. The zero-order valence-electron chi connectivity index (χ0n) is 15.9. The van der Waals surface area contributed by atoms with Crippen LogP contribution in [0, 0.1) is 0 Å². The van der Waals surface area contributed by atoms with Crippen molar-refractivity contribution in [2.45, 2.75) is 49.6 Å². The van der Waals surface area contributed by atoms with E-state index in [-0.39, 0.29) is 0 Å². The Hall–Kier alpha value is -2.52. The summed E-state index contributed by atoms with van der Waals surface area (Å²) in [7, 11) is 0. The van der Waals surface area contributed by atoms with Gasteiger partial charge in [-0.15, -0.1) is 16.4 Å². The van der Waals surface area contributed by atoms with Gasteiger partial charge in [-0.25, -0.2) is 14.6 Å². The molecule has 1 aromatic carbocycles. The molecule has 0 bridgehead atoms. The van der Waals surface area contributed by atoms with Gasteiger partial charge < -0.3 is 5.73 Å². The van der Waals surface area contributed by atoms with Crippen LogP contribution in [0.3, 0.4) is 0 Å². The fourth-order valence-corrected chi connectivity index (χ4v) is 5.78. The second-order valence-electron chi connectivity index (χ2n) is 7.16. The zero-order valence-corrected chi connectivity index (χ0v) is 17.5. The molecule has 0 aliphatic heterocycles. The Bertz CT molecular complexity index is 1140. The molecule has 0 spiro atoms. The highest BCUT2D eigenvalue weighted by atomic mass is 32.2. The summed E-state index contributed by atoms with van der Waals surface area (Å²) >= 11 is 3.32. The first-order valence-electron chi connectivity index (χ1n) is 9.77. The van der Waals surface area contributed by atoms with Gasteiger partial charge in [-0.2, -0.15) is 0 Å². The van der Waals surface area contributed by atoms with E-state index in [9.17, 15) is 0 Å². The molecule has 148 valence electrons. The number of nitrogens with zero attached hydrogens (tertiary/aromatic N) is 6. The van der Waals surface area contributed by atoms with E-state index in [1.54, 1.807) is 16.0 Å². The normalized spacial score (nSPS) is 14.1. The first-order valence-corrected chi connectivity index (χ1v) is 11.6. The Balaban J connectivity index is 1.36. The van der Waals surface area contributed by atoms with Crippen LogP contribution in [-0.4, -0.2) is 30.2 Å². The monoisotopic (exact) mass is 423 g/mol. The van der Waals surface area contributed by atoms with E-state index >= 15 is 0 Å². The minimum Gasteiger partial charge on any atom is -0.383 e. The molecule has 3 aromatic heterocycles. The average molecular weight is 424 g/mol. The SMILES string of the molecule is Nc1nc(CSc2nnnn2Cc2ccccc2)nc2sc3c(c12)CCCCC3. The van der Waals surface area contributed by atoms with Crippen LogP contribution in [0.4, 0.5) is 5.82 Å². The average Bonchev–Trinajstić information content (AvgIpc) is 3.24. The Kier molecular flexibility index (Phi) is 5.15. The van der Waals surface area contributed by atoms with Gasteiger partial charge in [0, 0.05) is 4.88 Å². The number of thiophene rings is 1. The lowest BCUT2D eigenvalue weighted by Gasteiger charge is -2.06. The summed E-state index contributed by atoms with van der Waals surface area (Å²) in [5.41, 5.74) is 8.90. The number of benzene rings is 1. The highest BCUT2D eigenvalue weighted by molar-refractivity contribution is 7.98. The van der Waals surface area contributed by atoms with Crippen molar-refractivity contribution in [3.63, 3.8) is 0 Å². The van der Waals surface area contributed by atoms with E-state index in [1.807, 2.05) is 18.2 Å². The smallest absolute Gasteiger partial charge is 0.210 e. The maximum absolute atomic E-state index is 6.36. The first kappa shape index (κ1) is 18.5. The molecule has 0 unspecified atom stereocenters. The molecule has 29 heavy (non-hydrogen) atoms. The van der Waals surface area contributed by atoms with Crippen molar-refractivity contribution in [3.05, 3.63) is 52.2 Å². The van der Waals surface area contributed by atoms with Crippen LogP contribution < -0.4 is 5.73 Å². The van der Waals surface area contributed by atoms with Crippen LogP contribution in [0.15, 0.2) is 35.5 Å². The molecule has 4 aromatic rings. The van der Waals surface area contributed by atoms with Crippen molar-refractivity contribution < 1.29 is 0 Å². The highest BCUT2D eigenvalue weighted by Crippen LogP contribution is 2.37. The van der Waals surface area contributed by atoms with E-state index in [0.29, 0.717) is 18.1 Å². The Morgan fingerprint density at radius 3 is 2.83 bits per heavy atom. The number of aromatic nitrogens is 6. The van der Waals surface area contributed by atoms with Crippen molar-refractivity contribution in [2.24, 2.45) is 0 Å². The Morgan fingerprint density at radius 2 is 1.93 bits per heavy atom. The quantitative estimate of drug-likeness (QED) is 0.384. The summed E-state index contributed by atoms with van der Waals surface area (Å²) in [6, 6.07) is 10.2. The maximum atomic E-state index is 6.36. The van der Waals surface area contributed by atoms with E-state index in [1.165, 1.54) is 41.5 Å². The third-order valence-electron chi connectivity index (χ3n) is 5.14. The third kappa shape index (κ3) is 3.84. The van der Waals surface area contributed by atoms with Crippen molar-refractivity contribution in [2.75, 3.05) is 5.73 Å². The summed E-state index contributed by atoms with van der Waals surface area (Å²) < 4.78 is 1.80. The number of aryl methyl sites for hydroxylation is 2. The van der Waals surface area contributed by atoms with Gasteiger partial charge in [0.25, 0.3) is 0 Å². The van der Waals surface area contributed by atoms with Gasteiger partial charge in [0.05, 0.1) is 17.7 Å². The third-order valence-corrected chi connectivity index (χ3v) is 7.28. The molecule has 1 aliphatic rings. The molecule has 0 atom stereocenters. The number of fused-ring (bicyclic) bond motifs is 3. The van der Waals surface area contributed by atoms with E-state index < -0.39 is 0 Å². The van der Waals surface area contributed by atoms with E-state index in [2.05, 4.69) is 32.6 Å². The van der Waals surface area contributed by atoms with Crippen LogP contribution >= 0.6 is 23.1 Å². The van der Waals surface area contributed by atoms with Crippen LogP contribution in [0.25, 0.3) is 10.2 Å². The highest BCUT2D eigenvalue weighted by Gasteiger charge is 2.19. The molecule has 1 aliphatic carbocycles. The zero-order chi connectivity index (χ0) is 19.6. The van der Waals surface area contributed by atoms with E-state index in [4.69, 9.17) is 10.7 Å². The van der Waals surface area contributed by atoms with Crippen LogP contribution in [-0.2, 0) is 25.1 Å². The number of nitrogens with two attached hydrogens (primary N) is 1. The summed E-state index contributed by atoms with van der Waals surface area (Å²) in [5, 5.41) is 13.9.